The molecule has 0 aliphatic heterocycles. The number of aryl methyl sites for hydroxylation is 1. The van der Waals surface area contributed by atoms with E-state index in [1.54, 1.807) is 42.6 Å². The van der Waals surface area contributed by atoms with Crippen molar-refractivity contribution in [3.05, 3.63) is 77.6 Å². The molecule has 0 bridgehead atoms. The second-order valence-electron chi connectivity index (χ2n) is 6.93. The highest BCUT2D eigenvalue weighted by atomic mass is 19.4. The van der Waals surface area contributed by atoms with Crippen molar-refractivity contribution in [1.82, 2.24) is 25.0 Å². The van der Waals surface area contributed by atoms with Crippen LogP contribution in [-0.4, -0.2) is 30.9 Å². The van der Waals surface area contributed by atoms with E-state index in [0.717, 1.165) is 23.9 Å². The third-order valence-electron chi connectivity index (χ3n) is 4.49. The summed E-state index contributed by atoms with van der Waals surface area (Å²) in [6.07, 6.45) is -1.75. The molecular weight excluding hydrogens is 423 g/mol. The number of nitrogens with zero attached hydrogens (tertiary/aromatic N) is 5. The quantitative estimate of drug-likeness (QED) is 0.488. The average molecular weight is 439 g/mol. The maximum absolute atomic E-state index is 12.9. The van der Waals surface area contributed by atoms with E-state index >= 15 is 0 Å². The van der Waals surface area contributed by atoms with Crippen LogP contribution in [-0.2, 0) is 6.18 Å². The average Bonchev–Trinajstić information content (AvgIpc) is 3.23. The van der Waals surface area contributed by atoms with Gasteiger partial charge in [-0.1, -0.05) is 5.21 Å². The number of rotatable bonds is 5. The Bertz CT molecular complexity index is 1280. The van der Waals surface area contributed by atoms with Gasteiger partial charge in [0.2, 0.25) is 5.91 Å². The number of hydrogen-bond donors (Lipinski definition) is 2. The second-order valence-corrected chi connectivity index (χ2v) is 6.93. The van der Waals surface area contributed by atoms with Crippen LogP contribution in [0.15, 0.2) is 60.9 Å². The summed E-state index contributed by atoms with van der Waals surface area (Å²) in [5.41, 5.74) is 7.20. The third-order valence-corrected chi connectivity index (χ3v) is 4.49. The first-order chi connectivity index (χ1) is 15.2. The molecule has 0 radical (unpaired) electrons. The monoisotopic (exact) mass is 439 g/mol. The number of halogens is 3. The van der Waals surface area contributed by atoms with Gasteiger partial charge in [0, 0.05) is 11.8 Å². The van der Waals surface area contributed by atoms with Crippen molar-refractivity contribution >= 4 is 17.5 Å². The van der Waals surface area contributed by atoms with Crippen molar-refractivity contribution < 1.29 is 18.0 Å². The third kappa shape index (κ3) is 4.56. The van der Waals surface area contributed by atoms with Gasteiger partial charge < -0.3 is 11.1 Å². The van der Waals surface area contributed by atoms with Gasteiger partial charge in [-0.15, -0.1) is 5.10 Å². The molecule has 0 fully saturated rings. The van der Waals surface area contributed by atoms with Crippen LogP contribution in [0.3, 0.4) is 0 Å². The minimum Gasteiger partial charge on any atom is -0.366 e. The number of nitrogens with two attached hydrogens (primary N) is 1. The molecule has 0 aliphatic carbocycles. The predicted molar refractivity (Wildman–Crippen MR) is 110 cm³/mol. The fraction of sp³-hybridized carbons (Fsp3) is 0.0952. The predicted octanol–water partition coefficient (Wildman–Crippen LogP) is 3.89. The van der Waals surface area contributed by atoms with Crippen molar-refractivity contribution in [3.8, 4) is 17.1 Å². The fourth-order valence-electron chi connectivity index (χ4n) is 2.95. The largest absolute Gasteiger partial charge is 0.416 e. The number of nitrogens with one attached hydrogen (secondary N) is 1. The number of benzene rings is 1. The Kier molecular flexibility index (Phi) is 5.31. The van der Waals surface area contributed by atoms with Crippen LogP contribution in [0.25, 0.3) is 17.1 Å². The number of amides is 1. The van der Waals surface area contributed by atoms with E-state index < -0.39 is 17.6 Å². The lowest BCUT2D eigenvalue weighted by molar-refractivity contribution is -0.137. The summed E-state index contributed by atoms with van der Waals surface area (Å²) in [4.78, 5) is 19.6. The van der Waals surface area contributed by atoms with Crippen molar-refractivity contribution in [1.29, 1.82) is 0 Å². The lowest BCUT2D eigenvalue weighted by Crippen LogP contribution is -2.10. The molecule has 8 nitrogen and oxygen atoms in total. The van der Waals surface area contributed by atoms with Gasteiger partial charge in [-0.3, -0.25) is 4.79 Å². The number of primary amides is 1. The molecule has 3 heterocycles. The molecule has 32 heavy (non-hydrogen) atoms. The SMILES string of the molecule is Cc1cc(Nc2cc(C(F)(F)F)ccn2)nc(-c2cn(-c3ccc(C(N)=O)cc3)nn2)c1. The Morgan fingerprint density at radius 2 is 1.78 bits per heavy atom. The summed E-state index contributed by atoms with van der Waals surface area (Å²) < 4.78 is 40.4. The minimum absolute atomic E-state index is 0.0158. The number of alkyl halides is 3. The molecule has 4 aromatic rings. The van der Waals surface area contributed by atoms with Crippen LogP contribution in [0.2, 0.25) is 0 Å². The lowest BCUT2D eigenvalue weighted by Gasteiger charge is -2.10. The van der Waals surface area contributed by atoms with E-state index in [-0.39, 0.29) is 5.82 Å². The second kappa shape index (κ2) is 8.10. The van der Waals surface area contributed by atoms with Gasteiger partial charge in [-0.05, 0) is 61.0 Å². The fourth-order valence-corrected chi connectivity index (χ4v) is 2.95. The van der Waals surface area contributed by atoms with E-state index in [1.165, 1.54) is 4.68 Å². The summed E-state index contributed by atoms with van der Waals surface area (Å²) in [7, 11) is 0. The molecule has 11 heteroatoms. The maximum Gasteiger partial charge on any atom is 0.416 e. The van der Waals surface area contributed by atoms with Gasteiger partial charge in [0.25, 0.3) is 0 Å². The van der Waals surface area contributed by atoms with Gasteiger partial charge in [-0.25, -0.2) is 14.6 Å². The van der Waals surface area contributed by atoms with Crippen LogP contribution in [0.4, 0.5) is 24.8 Å². The van der Waals surface area contributed by atoms with Gasteiger partial charge in [0.05, 0.1) is 23.1 Å². The van der Waals surface area contributed by atoms with Crippen molar-refractivity contribution in [2.45, 2.75) is 13.1 Å². The summed E-state index contributed by atoms with van der Waals surface area (Å²) in [5, 5.41) is 11.0. The first kappa shape index (κ1) is 21.0. The number of pyridine rings is 2. The zero-order valence-electron chi connectivity index (χ0n) is 16.6. The molecule has 0 aliphatic rings. The molecular formula is C21H16F3N7O. The highest BCUT2D eigenvalue weighted by Crippen LogP contribution is 2.30. The number of hydrogen-bond acceptors (Lipinski definition) is 6. The summed E-state index contributed by atoms with van der Waals surface area (Å²) >= 11 is 0. The van der Waals surface area contributed by atoms with E-state index in [2.05, 4.69) is 25.6 Å². The van der Waals surface area contributed by atoms with Crippen LogP contribution < -0.4 is 11.1 Å². The molecule has 1 amide bonds. The number of carbonyl (C=O) groups is 1. The van der Waals surface area contributed by atoms with Gasteiger partial charge in [0.1, 0.15) is 17.3 Å². The summed E-state index contributed by atoms with van der Waals surface area (Å²) in [6.45, 7) is 1.82. The number of anilines is 2. The first-order valence-electron chi connectivity index (χ1n) is 9.31. The van der Waals surface area contributed by atoms with E-state index in [4.69, 9.17) is 5.73 Å². The van der Waals surface area contributed by atoms with Crippen molar-refractivity contribution in [2.24, 2.45) is 5.73 Å². The lowest BCUT2D eigenvalue weighted by atomic mass is 10.2. The standard InChI is InChI=1S/C21H16F3N7O/c1-12-8-16(17-11-31(30-29-17)15-4-2-13(3-5-15)20(25)32)27-19(9-12)28-18-10-14(6-7-26-18)21(22,23)24/h2-11H,1H3,(H2,25,32)(H,26,27,28). The highest BCUT2D eigenvalue weighted by Gasteiger charge is 2.30. The highest BCUT2D eigenvalue weighted by molar-refractivity contribution is 5.92. The minimum atomic E-state index is -4.47. The molecule has 162 valence electrons. The summed E-state index contributed by atoms with van der Waals surface area (Å²) in [6, 6.07) is 11.8. The molecule has 0 unspecified atom stereocenters. The molecule has 3 N–H and O–H groups in total. The zero-order valence-corrected chi connectivity index (χ0v) is 16.6. The first-order valence-corrected chi connectivity index (χ1v) is 9.31. The van der Waals surface area contributed by atoms with Crippen molar-refractivity contribution in [2.75, 3.05) is 5.32 Å². The van der Waals surface area contributed by atoms with E-state index in [1.807, 2.05) is 6.92 Å². The van der Waals surface area contributed by atoms with E-state index in [9.17, 15) is 18.0 Å². The molecule has 0 saturated heterocycles. The molecule has 0 atom stereocenters. The topological polar surface area (TPSA) is 112 Å². The normalized spacial score (nSPS) is 11.4. The molecule has 4 rings (SSSR count). The Labute approximate surface area is 179 Å². The Morgan fingerprint density at radius 3 is 2.47 bits per heavy atom. The number of carbonyl (C=O) groups excluding carboxylic acids is 1. The van der Waals surface area contributed by atoms with Crippen LogP contribution in [0.5, 0.6) is 0 Å². The smallest absolute Gasteiger partial charge is 0.366 e. The van der Waals surface area contributed by atoms with Crippen LogP contribution in [0.1, 0.15) is 21.5 Å². The van der Waals surface area contributed by atoms with Gasteiger partial charge in [-0.2, -0.15) is 13.2 Å². The number of aromatic nitrogens is 5. The molecule has 0 spiro atoms. The van der Waals surface area contributed by atoms with Gasteiger partial charge >= 0.3 is 6.18 Å². The van der Waals surface area contributed by atoms with Gasteiger partial charge in [0.15, 0.2) is 0 Å². The Balaban J connectivity index is 1.60. The zero-order chi connectivity index (χ0) is 22.9. The molecule has 0 saturated carbocycles. The maximum atomic E-state index is 12.9. The Hall–Kier alpha value is -4.28. The van der Waals surface area contributed by atoms with Crippen LogP contribution in [0, 0.1) is 6.92 Å². The van der Waals surface area contributed by atoms with Crippen LogP contribution >= 0.6 is 0 Å². The Morgan fingerprint density at radius 1 is 1.03 bits per heavy atom. The summed E-state index contributed by atoms with van der Waals surface area (Å²) in [5.74, 6) is -0.204. The van der Waals surface area contributed by atoms with E-state index in [0.29, 0.717) is 28.5 Å². The molecule has 1 aromatic carbocycles. The van der Waals surface area contributed by atoms with Crippen molar-refractivity contribution in [3.63, 3.8) is 0 Å². The molecule has 3 aromatic heterocycles.